The van der Waals surface area contributed by atoms with E-state index in [-0.39, 0.29) is 0 Å². The topological polar surface area (TPSA) is 36.4 Å². The third kappa shape index (κ3) is 3.79. The van der Waals surface area contributed by atoms with Crippen molar-refractivity contribution in [2.75, 3.05) is 0 Å². The number of benzene rings is 1. The second-order valence-corrected chi connectivity index (χ2v) is 5.93. The lowest BCUT2D eigenvalue weighted by Crippen LogP contribution is -2.41. The molecule has 1 saturated carbocycles. The zero-order valence-corrected chi connectivity index (χ0v) is 12.6. The summed E-state index contributed by atoms with van der Waals surface area (Å²) >= 11 is 5.27. The van der Waals surface area contributed by atoms with E-state index in [2.05, 4.69) is 28.0 Å². The third-order valence-corrected chi connectivity index (χ3v) is 4.22. The first-order valence-corrected chi connectivity index (χ1v) is 7.72. The summed E-state index contributed by atoms with van der Waals surface area (Å²) in [5, 5.41) is 8.06. The fraction of sp³-hybridized carbons (Fsp3) is 0.294. The molecule has 0 spiro atoms. The van der Waals surface area contributed by atoms with Crippen LogP contribution < -0.4 is 10.7 Å². The van der Waals surface area contributed by atoms with Gasteiger partial charge in [-0.15, -0.1) is 0 Å². The summed E-state index contributed by atoms with van der Waals surface area (Å²) in [6, 6.07) is 10.6. The molecular weight excluding hydrogens is 278 g/mol. The molecule has 3 atom stereocenters. The number of hydrogen-bond acceptors (Lipinski definition) is 2. The number of allylic oxidation sites excluding steroid dienone is 2. The molecule has 2 aliphatic carbocycles. The molecule has 0 radical (unpaired) electrons. The maximum Gasteiger partial charge on any atom is 0.187 e. The molecule has 2 bridgehead atoms. The number of thiocarbonyl (C=S) groups is 1. The highest BCUT2D eigenvalue weighted by molar-refractivity contribution is 7.80. The minimum atomic E-state index is 0.468. The van der Waals surface area contributed by atoms with Crippen molar-refractivity contribution in [2.24, 2.45) is 16.9 Å². The Morgan fingerprint density at radius 3 is 2.76 bits per heavy atom. The van der Waals surface area contributed by atoms with Gasteiger partial charge in [0.05, 0.1) is 0 Å². The molecule has 0 amide bonds. The van der Waals surface area contributed by atoms with Crippen LogP contribution in [0.4, 0.5) is 0 Å². The Morgan fingerprint density at radius 1 is 1.19 bits per heavy atom. The molecule has 1 fully saturated rings. The average Bonchev–Trinajstić information content (AvgIpc) is 3.10. The highest BCUT2D eigenvalue weighted by atomic mass is 32.1. The van der Waals surface area contributed by atoms with E-state index >= 15 is 0 Å². The SMILES string of the molecule is S=C(N/N=C\C=C\c1ccccc1)N[C@@H]1C[C@H]2C=C[C@H]1C2. The highest BCUT2D eigenvalue weighted by Crippen LogP contribution is 2.38. The van der Waals surface area contributed by atoms with E-state index in [9.17, 15) is 0 Å². The molecule has 0 aromatic heterocycles. The zero-order chi connectivity index (χ0) is 14.5. The van der Waals surface area contributed by atoms with Crippen molar-refractivity contribution in [3.63, 3.8) is 0 Å². The van der Waals surface area contributed by atoms with Gasteiger partial charge in [-0.3, -0.25) is 5.43 Å². The molecule has 0 unspecified atom stereocenters. The number of rotatable bonds is 4. The summed E-state index contributed by atoms with van der Waals surface area (Å²) in [5.41, 5.74) is 4.02. The Bertz CT molecular complexity index is 577. The summed E-state index contributed by atoms with van der Waals surface area (Å²) in [7, 11) is 0. The van der Waals surface area contributed by atoms with Crippen LogP contribution in [0.2, 0.25) is 0 Å². The van der Waals surface area contributed by atoms with E-state index in [1.165, 1.54) is 12.8 Å². The van der Waals surface area contributed by atoms with Crippen LogP contribution in [0.3, 0.4) is 0 Å². The van der Waals surface area contributed by atoms with Crippen molar-refractivity contribution < 1.29 is 0 Å². The van der Waals surface area contributed by atoms with Gasteiger partial charge in [-0.2, -0.15) is 5.10 Å². The van der Waals surface area contributed by atoms with Gasteiger partial charge < -0.3 is 5.32 Å². The second-order valence-electron chi connectivity index (χ2n) is 5.52. The lowest BCUT2D eigenvalue weighted by Gasteiger charge is -2.20. The van der Waals surface area contributed by atoms with Gasteiger partial charge >= 0.3 is 0 Å². The van der Waals surface area contributed by atoms with Crippen LogP contribution in [0.15, 0.2) is 53.7 Å². The monoisotopic (exact) mass is 297 g/mol. The summed E-state index contributed by atoms with van der Waals surface area (Å²) in [6.07, 6.45) is 12.7. The van der Waals surface area contributed by atoms with Gasteiger partial charge in [0.1, 0.15) is 0 Å². The average molecular weight is 297 g/mol. The van der Waals surface area contributed by atoms with Gasteiger partial charge in [0, 0.05) is 12.3 Å². The maximum absolute atomic E-state index is 5.27. The molecule has 0 heterocycles. The maximum atomic E-state index is 5.27. The zero-order valence-electron chi connectivity index (χ0n) is 11.8. The standard InChI is InChI=1S/C17H19N3S/c21-17(19-16-12-14-8-9-15(16)11-14)20-18-10-4-7-13-5-2-1-3-6-13/h1-10,14-16H,11-12H2,(H2,19,20,21)/b7-4+,18-10-/t14-,15-,16+/m0/s1. The molecule has 2 aliphatic rings. The van der Waals surface area contributed by atoms with Crippen molar-refractivity contribution in [1.29, 1.82) is 0 Å². The molecule has 2 N–H and O–H groups in total. The van der Waals surface area contributed by atoms with Gasteiger partial charge in [0.15, 0.2) is 5.11 Å². The summed E-state index contributed by atoms with van der Waals surface area (Å²) < 4.78 is 0. The first-order valence-electron chi connectivity index (χ1n) is 7.31. The lowest BCUT2D eigenvalue weighted by molar-refractivity contribution is 0.521. The normalized spacial score (nSPS) is 26.8. The number of fused-ring (bicyclic) bond motifs is 2. The third-order valence-electron chi connectivity index (χ3n) is 4.01. The van der Waals surface area contributed by atoms with Crippen molar-refractivity contribution in [3.05, 3.63) is 54.1 Å². The number of hydrazone groups is 1. The quantitative estimate of drug-likeness (QED) is 0.388. The van der Waals surface area contributed by atoms with Crippen LogP contribution >= 0.6 is 12.2 Å². The molecule has 108 valence electrons. The molecule has 1 aromatic rings. The fourth-order valence-electron chi connectivity index (χ4n) is 3.00. The Labute approximate surface area is 130 Å². The molecule has 0 saturated heterocycles. The number of hydrogen-bond donors (Lipinski definition) is 2. The largest absolute Gasteiger partial charge is 0.358 e. The van der Waals surface area contributed by atoms with Gasteiger partial charge in [-0.1, -0.05) is 48.6 Å². The Morgan fingerprint density at radius 2 is 2.05 bits per heavy atom. The number of nitrogens with zero attached hydrogens (tertiary/aromatic N) is 1. The predicted molar refractivity (Wildman–Crippen MR) is 92.0 cm³/mol. The fourth-order valence-corrected chi connectivity index (χ4v) is 3.21. The minimum absolute atomic E-state index is 0.468. The summed E-state index contributed by atoms with van der Waals surface area (Å²) in [6.45, 7) is 0. The molecule has 21 heavy (non-hydrogen) atoms. The van der Waals surface area contributed by atoms with Crippen LogP contribution in [0.5, 0.6) is 0 Å². The first-order chi connectivity index (χ1) is 10.3. The smallest absolute Gasteiger partial charge is 0.187 e. The summed E-state index contributed by atoms with van der Waals surface area (Å²) in [5.74, 6) is 1.38. The Hall–Kier alpha value is -1.94. The van der Waals surface area contributed by atoms with Gasteiger partial charge in [-0.25, -0.2) is 0 Å². The molecule has 3 nitrogen and oxygen atoms in total. The van der Waals surface area contributed by atoms with Crippen LogP contribution in [0, 0.1) is 11.8 Å². The van der Waals surface area contributed by atoms with E-state index in [4.69, 9.17) is 12.2 Å². The van der Waals surface area contributed by atoms with Crippen molar-refractivity contribution in [1.82, 2.24) is 10.7 Å². The summed E-state index contributed by atoms with van der Waals surface area (Å²) in [4.78, 5) is 0. The molecule has 3 rings (SSSR count). The molecule has 0 aliphatic heterocycles. The van der Waals surface area contributed by atoms with Crippen LogP contribution in [0.25, 0.3) is 6.08 Å². The van der Waals surface area contributed by atoms with Gasteiger partial charge in [0.2, 0.25) is 0 Å². The molecule has 4 heteroatoms. The lowest BCUT2D eigenvalue weighted by atomic mass is 10.0. The first kappa shape index (κ1) is 14.0. The Kier molecular flexibility index (Phi) is 4.46. The van der Waals surface area contributed by atoms with E-state index < -0.39 is 0 Å². The van der Waals surface area contributed by atoms with Crippen LogP contribution in [-0.4, -0.2) is 17.4 Å². The van der Waals surface area contributed by atoms with Gasteiger partial charge in [-0.05, 0) is 48.5 Å². The number of nitrogens with one attached hydrogen (secondary N) is 2. The Balaban J connectivity index is 1.40. The van der Waals surface area contributed by atoms with Crippen molar-refractivity contribution in [3.8, 4) is 0 Å². The van der Waals surface area contributed by atoms with E-state index in [0.717, 1.165) is 11.5 Å². The van der Waals surface area contributed by atoms with Crippen molar-refractivity contribution in [2.45, 2.75) is 18.9 Å². The van der Waals surface area contributed by atoms with E-state index in [1.807, 2.05) is 42.5 Å². The van der Waals surface area contributed by atoms with Gasteiger partial charge in [0.25, 0.3) is 0 Å². The second kappa shape index (κ2) is 6.68. The highest BCUT2D eigenvalue weighted by Gasteiger charge is 2.35. The van der Waals surface area contributed by atoms with Crippen LogP contribution in [0.1, 0.15) is 18.4 Å². The minimum Gasteiger partial charge on any atom is -0.358 e. The predicted octanol–water partition coefficient (Wildman–Crippen LogP) is 3.11. The van der Waals surface area contributed by atoms with E-state index in [1.54, 1.807) is 6.21 Å². The van der Waals surface area contributed by atoms with E-state index in [0.29, 0.717) is 17.1 Å². The van der Waals surface area contributed by atoms with Crippen molar-refractivity contribution >= 4 is 29.6 Å². The molecule has 1 aromatic carbocycles. The van der Waals surface area contributed by atoms with Crippen LogP contribution in [-0.2, 0) is 0 Å². The molecular formula is C17H19N3S.